The molecule has 0 amide bonds. The van der Waals surface area contributed by atoms with Crippen LogP contribution >= 0.6 is 11.6 Å². The molecule has 1 heterocycles. The molecule has 0 saturated heterocycles. The first-order valence-corrected chi connectivity index (χ1v) is 7.07. The molecule has 0 unspecified atom stereocenters. The molecule has 1 aromatic heterocycles. The zero-order chi connectivity index (χ0) is 15.1. The van der Waals surface area contributed by atoms with E-state index in [1.54, 1.807) is 0 Å². The van der Waals surface area contributed by atoms with Gasteiger partial charge in [0.25, 0.3) is 5.56 Å². The minimum Gasteiger partial charge on any atom is -0.379 e. The van der Waals surface area contributed by atoms with Gasteiger partial charge in [-0.25, -0.2) is 4.68 Å². The van der Waals surface area contributed by atoms with Crippen molar-refractivity contribution < 1.29 is 0 Å². The third kappa shape index (κ3) is 4.11. The van der Waals surface area contributed by atoms with Gasteiger partial charge in [-0.05, 0) is 18.4 Å². The van der Waals surface area contributed by atoms with E-state index in [0.717, 1.165) is 12.8 Å². The molecule has 0 saturated carbocycles. The van der Waals surface area contributed by atoms with Crippen molar-refractivity contribution in [2.24, 2.45) is 0 Å². The van der Waals surface area contributed by atoms with E-state index in [1.807, 2.05) is 18.2 Å². The number of halogens is 1. The summed E-state index contributed by atoms with van der Waals surface area (Å²) in [5.74, 6) is 2.39. The van der Waals surface area contributed by atoms with Crippen LogP contribution in [0.1, 0.15) is 12.0 Å². The summed E-state index contributed by atoms with van der Waals surface area (Å²) in [7, 11) is 0. The summed E-state index contributed by atoms with van der Waals surface area (Å²) in [6.45, 7) is 0.790. The van der Waals surface area contributed by atoms with Crippen LogP contribution in [-0.4, -0.2) is 16.3 Å². The highest BCUT2D eigenvalue weighted by atomic mass is 35.5. The van der Waals surface area contributed by atoms with Crippen molar-refractivity contribution >= 4 is 17.3 Å². The Morgan fingerprint density at radius 2 is 2.10 bits per heavy atom. The maximum atomic E-state index is 12.1. The van der Waals surface area contributed by atoms with Crippen LogP contribution in [0.2, 0.25) is 5.02 Å². The number of aromatic nitrogens is 2. The molecule has 1 N–H and O–H groups in total. The van der Waals surface area contributed by atoms with E-state index in [4.69, 9.17) is 18.0 Å². The molecule has 1 aromatic carbocycles. The normalized spacial score (nSPS) is 10.1. The molecule has 0 spiro atoms. The van der Waals surface area contributed by atoms with Gasteiger partial charge in [-0.3, -0.25) is 4.79 Å². The lowest BCUT2D eigenvalue weighted by Crippen LogP contribution is -2.26. The average molecular weight is 302 g/mol. The third-order valence-corrected chi connectivity index (χ3v) is 3.31. The van der Waals surface area contributed by atoms with Gasteiger partial charge in [0.1, 0.15) is 12.2 Å². The second-order valence-corrected chi connectivity index (χ2v) is 4.96. The molecule has 0 aliphatic carbocycles. The van der Waals surface area contributed by atoms with Gasteiger partial charge >= 0.3 is 0 Å². The highest BCUT2D eigenvalue weighted by molar-refractivity contribution is 6.32. The van der Waals surface area contributed by atoms with Crippen LogP contribution < -0.4 is 10.9 Å². The Labute approximate surface area is 128 Å². The quantitative estimate of drug-likeness (QED) is 0.659. The summed E-state index contributed by atoms with van der Waals surface area (Å²) >= 11 is 6.01. The van der Waals surface area contributed by atoms with Crippen molar-refractivity contribution in [2.75, 3.05) is 11.9 Å². The molecule has 5 heteroatoms. The zero-order valence-corrected chi connectivity index (χ0v) is 12.3. The van der Waals surface area contributed by atoms with Crippen molar-refractivity contribution in [3.63, 3.8) is 0 Å². The third-order valence-electron chi connectivity index (χ3n) is 3.03. The minimum atomic E-state index is -0.292. The maximum absolute atomic E-state index is 12.1. The standard InChI is InChI=1S/C16H16ClN3O/c1-2-11-20-16(21)15(14(17)12-19-20)18-10-6-9-13-7-4-3-5-8-13/h1,3-5,7-8,12,18H,6,9-11H2. The van der Waals surface area contributed by atoms with Gasteiger partial charge in [-0.2, -0.15) is 5.10 Å². The van der Waals surface area contributed by atoms with E-state index in [9.17, 15) is 4.79 Å². The van der Waals surface area contributed by atoms with Crippen LogP contribution in [-0.2, 0) is 13.0 Å². The molecular weight excluding hydrogens is 286 g/mol. The molecule has 0 aliphatic rings. The van der Waals surface area contributed by atoms with Crippen LogP contribution in [0, 0.1) is 12.3 Å². The predicted molar refractivity (Wildman–Crippen MR) is 85.6 cm³/mol. The van der Waals surface area contributed by atoms with Gasteiger partial charge < -0.3 is 5.32 Å². The molecule has 108 valence electrons. The van der Waals surface area contributed by atoms with Gasteiger partial charge in [0.05, 0.1) is 11.2 Å². The topological polar surface area (TPSA) is 46.9 Å². The van der Waals surface area contributed by atoms with E-state index in [0.29, 0.717) is 17.3 Å². The van der Waals surface area contributed by atoms with E-state index >= 15 is 0 Å². The van der Waals surface area contributed by atoms with Gasteiger partial charge in [-0.1, -0.05) is 47.9 Å². The summed E-state index contributed by atoms with van der Waals surface area (Å²) in [4.78, 5) is 12.1. The maximum Gasteiger partial charge on any atom is 0.292 e. The second kappa shape index (κ2) is 7.51. The summed E-state index contributed by atoms with van der Waals surface area (Å²) in [6.07, 6.45) is 8.47. The van der Waals surface area contributed by atoms with Crippen LogP contribution in [0.25, 0.3) is 0 Å². The van der Waals surface area contributed by atoms with E-state index in [-0.39, 0.29) is 12.1 Å². The fourth-order valence-electron chi connectivity index (χ4n) is 1.98. The Morgan fingerprint density at radius 1 is 1.33 bits per heavy atom. The first-order chi connectivity index (χ1) is 10.2. The van der Waals surface area contributed by atoms with Crippen LogP contribution in [0.4, 0.5) is 5.69 Å². The van der Waals surface area contributed by atoms with Crippen LogP contribution in [0.3, 0.4) is 0 Å². The molecule has 2 rings (SSSR count). The van der Waals surface area contributed by atoms with Crippen LogP contribution in [0.15, 0.2) is 41.3 Å². The number of rotatable bonds is 6. The van der Waals surface area contributed by atoms with E-state index < -0.39 is 0 Å². The highest BCUT2D eigenvalue weighted by Gasteiger charge is 2.08. The van der Waals surface area contributed by atoms with Gasteiger partial charge in [0.15, 0.2) is 0 Å². The van der Waals surface area contributed by atoms with E-state index in [2.05, 4.69) is 28.5 Å². The Balaban J connectivity index is 1.96. The lowest BCUT2D eigenvalue weighted by Gasteiger charge is -2.09. The van der Waals surface area contributed by atoms with Gasteiger partial charge in [0, 0.05) is 6.54 Å². The number of hydrogen-bond acceptors (Lipinski definition) is 3. The van der Waals surface area contributed by atoms with E-state index in [1.165, 1.54) is 16.4 Å². The number of aryl methyl sites for hydroxylation is 1. The number of nitrogens with one attached hydrogen (secondary N) is 1. The molecule has 2 aromatic rings. The summed E-state index contributed by atoms with van der Waals surface area (Å²) < 4.78 is 1.21. The summed E-state index contributed by atoms with van der Waals surface area (Å²) in [5, 5.41) is 7.28. The Kier molecular flexibility index (Phi) is 5.42. The minimum absolute atomic E-state index is 0.134. The Hall–Kier alpha value is -2.25. The fourth-order valence-corrected chi connectivity index (χ4v) is 2.17. The molecular formula is C16H16ClN3O. The number of hydrogen-bond donors (Lipinski definition) is 1. The summed E-state index contributed by atoms with van der Waals surface area (Å²) in [6, 6.07) is 10.2. The van der Waals surface area contributed by atoms with Crippen molar-refractivity contribution in [1.82, 2.24) is 9.78 Å². The van der Waals surface area contributed by atoms with Crippen molar-refractivity contribution in [2.45, 2.75) is 19.4 Å². The SMILES string of the molecule is C#CCn1ncc(Cl)c(NCCCc2ccccc2)c1=O. The fraction of sp³-hybridized carbons (Fsp3) is 0.250. The monoisotopic (exact) mass is 301 g/mol. The second-order valence-electron chi connectivity index (χ2n) is 4.55. The lowest BCUT2D eigenvalue weighted by atomic mass is 10.1. The first-order valence-electron chi connectivity index (χ1n) is 6.69. The number of nitrogens with zero attached hydrogens (tertiary/aromatic N) is 2. The molecule has 4 nitrogen and oxygen atoms in total. The largest absolute Gasteiger partial charge is 0.379 e. The number of benzene rings is 1. The molecule has 0 radical (unpaired) electrons. The van der Waals surface area contributed by atoms with Gasteiger partial charge in [0.2, 0.25) is 0 Å². The number of terminal acetylenes is 1. The van der Waals surface area contributed by atoms with Crippen LogP contribution in [0.5, 0.6) is 0 Å². The highest BCUT2D eigenvalue weighted by Crippen LogP contribution is 2.15. The summed E-state index contributed by atoms with van der Waals surface area (Å²) in [5.41, 5.74) is 1.33. The van der Waals surface area contributed by atoms with Crippen molar-refractivity contribution in [3.8, 4) is 12.3 Å². The Morgan fingerprint density at radius 3 is 2.81 bits per heavy atom. The molecule has 0 fully saturated rings. The first kappa shape index (κ1) is 15.1. The molecule has 21 heavy (non-hydrogen) atoms. The average Bonchev–Trinajstić information content (AvgIpc) is 2.50. The molecule has 0 bridgehead atoms. The molecule has 0 atom stereocenters. The zero-order valence-electron chi connectivity index (χ0n) is 11.6. The smallest absolute Gasteiger partial charge is 0.292 e. The van der Waals surface area contributed by atoms with Crippen molar-refractivity contribution in [3.05, 3.63) is 57.5 Å². The van der Waals surface area contributed by atoms with Crippen molar-refractivity contribution in [1.29, 1.82) is 0 Å². The molecule has 0 aliphatic heterocycles. The predicted octanol–water partition coefficient (Wildman–Crippen LogP) is 2.57. The lowest BCUT2D eigenvalue weighted by molar-refractivity contribution is 0.663. The van der Waals surface area contributed by atoms with Gasteiger partial charge in [-0.15, -0.1) is 6.42 Å². The Bertz CT molecular complexity index is 689. The number of anilines is 1.